The van der Waals surface area contributed by atoms with E-state index in [2.05, 4.69) is 68.0 Å². The first-order chi connectivity index (χ1) is 21.1. The number of benzene rings is 2. The van der Waals surface area contributed by atoms with Gasteiger partial charge in [-0.2, -0.15) is 0 Å². The zero-order chi connectivity index (χ0) is 31.4. The van der Waals surface area contributed by atoms with Crippen molar-refractivity contribution in [3.05, 3.63) is 59.3 Å². The largest absolute Gasteiger partial charge is 0.393 e. The lowest BCUT2D eigenvalue weighted by molar-refractivity contribution is 0.0920. The van der Waals surface area contributed by atoms with Gasteiger partial charge in [-0.05, 0) is 57.6 Å². The van der Waals surface area contributed by atoms with Crippen molar-refractivity contribution in [2.45, 2.75) is 32.9 Å². The van der Waals surface area contributed by atoms with E-state index in [9.17, 15) is 4.79 Å². The number of hydrogen-bond donors (Lipinski definition) is 3. The Kier molecular flexibility index (Phi) is 10.2. The van der Waals surface area contributed by atoms with Gasteiger partial charge in [0.15, 0.2) is 16.8 Å². The number of halogens is 2. The second kappa shape index (κ2) is 14.1. The third-order valence-electron chi connectivity index (χ3n) is 8.81. The first kappa shape index (κ1) is 31.9. The highest BCUT2D eigenvalue weighted by molar-refractivity contribution is 6.32. The van der Waals surface area contributed by atoms with Gasteiger partial charge in [0.25, 0.3) is 5.91 Å². The van der Waals surface area contributed by atoms with Crippen LogP contribution in [0.25, 0.3) is 11.1 Å². The molecule has 0 radical (unpaired) electrons. The predicted octanol–water partition coefficient (Wildman–Crippen LogP) is 4.16. The van der Waals surface area contributed by atoms with Crippen LogP contribution in [0.5, 0.6) is 0 Å². The Morgan fingerprint density at radius 2 is 1.80 bits per heavy atom. The van der Waals surface area contributed by atoms with Gasteiger partial charge >= 0.3 is 0 Å². The number of hydrogen-bond acceptors (Lipinski definition) is 9. The van der Waals surface area contributed by atoms with Crippen LogP contribution in [0.1, 0.15) is 31.1 Å². The summed E-state index contributed by atoms with van der Waals surface area (Å²) in [6.07, 6.45) is 1.29. The van der Waals surface area contributed by atoms with E-state index in [4.69, 9.17) is 17.3 Å². The summed E-state index contributed by atoms with van der Waals surface area (Å²) >= 11 is 6.14. The minimum absolute atomic E-state index is 0.0939. The molecule has 236 valence electrons. The number of amides is 1. The van der Waals surface area contributed by atoms with E-state index < -0.39 is 5.82 Å². The van der Waals surface area contributed by atoms with E-state index in [0.29, 0.717) is 41.0 Å². The zero-order valence-electron chi connectivity index (χ0n) is 26.0. The van der Waals surface area contributed by atoms with Crippen molar-refractivity contribution in [3.8, 4) is 11.1 Å². The number of piperazine rings is 2. The fourth-order valence-corrected chi connectivity index (χ4v) is 5.90. The summed E-state index contributed by atoms with van der Waals surface area (Å²) in [6, 6.07) is 11.6. The van der Waals surface area contributed by atoms with Crippen LogP contribution in [0, 0.1) is 5.82 Å². The lowest BCUT2D eigenvalue weighted by Crippen LogP contribution is -2.50. The molecule has 2 saturated heterocycles. The van der Waals surface area contributed by atoms with Gasteiger partial charge in [-0.1, -0.05) is 23.7 Å². The molecule has 2 aromatic carbocycles. The molecule has 44 heavy (non-hydrogen) atoms. The number of nitrogens with one attached hydrogen (secondary N) is 2. The summed E-state index contributed by atoms with van der Waals surface area (Å²) in [6.45, 7) is 14.4. The fraction of sp³-hybridized carbons (Fsp3) is 0.469. The molecule has 0 bridgehead atoms. The molecule has 1 amide bonds. The minimum Gasteiger partial charge on any atom is -0.393 e. The van der Waals surface area contributed by atoms with Crippen molar-refractivity contribution < 1.29 is 9.18 Å². The molecule has 4 N–H and O–H groups in total. The molecule has 5 rings (SSSR count). The fourth-order valence-electron chi connectivity index (χ4n) is 5.76. The Hall–Kier alpha value is -3.51. The Morgan fingerprint density at radius 3 is 2.48 bits per heavy atom. The molecule has 3 heterocycles. The molecule has 0 saturated carbocycles. The Balaban J connectivity index is 1.31. The lowest BCUT2D eigenvalue weighted by atomic mass is 10.0. The Bertz CT molecular complexity index is 1450. The second-order valence-corrected chi connectivity index (χ2v) is 12.3. The molecule has 0 unspecified atom stereocenters. The molecule has 2 fully saturated rings. The number of nitrogens with zero attached hydrogens (tertiary/aromatic N) is 6. The molecule has 3 aromatic rings. The molecule has 1 aromatic heterocycles. The summed E-state index contributed by atoms with van der Waals surface area (Å²) in [5, 5.41) is 6.23. The van der Waals surface area contributed by atoms with Gasteiger partial charge in [-0.15, -0.1) is 0 Å². The molecule has 1 atom stereocenters. The molecule has 0 aliphatic carbocycles. The third kappa shape index (κ3) is 7.23. The van der Waals surface area contributed by atoms with Crippen molar-refractivity contribution in [2.24, 2.45) is 0 Å². The average molecular weight is 624 g/mol. The number of aromatic nitrogens is 2. The monoisotopic (exact) mass is 623 g/mol. The first-order valence-corrected chi connectivity index (χ1v) is 15.7. The molecule has 2 aliphatic rings. The minimum atomic E-state index is -0.446. The summed E-state index contributed by atoms with van der Waals surface area (Å²) < 4.78 is 16.4. The van der Waals surface area contributed by atoms with E-state index in [0.717, 1.165) is 52.4 Å². The van der Waals surface area contributed by atoms with Crippen LogP contribution in [0.15, 0.2) is 42.7 Å². The number of anilines is 4. The topological polar surface area (TPSA) is 106 Å². The van der Waals surface area contributed by atoms with Crippen molar-refractivity contribution in [1.82, 2.24) is 30.0 Å². The van der Waals surface area contributed by atoms with Crippen LogP contribution in [-0.4, -0.2) is 109 Å². The van der Waals surface area contributed by atoms with Gasteiger partial charge in [0.05, 0.1) is 5.69 Å². The molecule has 2 aliphatic heterocycles. The van der Waals surface area contributed by atoms with Gasteiger partial charge in [-0.3, -0.25) is 14.6 Å². The molecule has 0 spiro atoms. The van der Waals surface area contributed by atoms with E-state index in [1.807, 2.05) is 6.07 Å². The van der Waals surface area contributed by atoms with Crippen molar-refractivity contribution in [1.29, 1.82) is 0 Å². The second-order valence-electron chi connectivity index (χ2n) is 12.0. The number of carbonyl (C=O) groups is 1. The number of rotatable bonds is 9. The van der Waals surface area contributed by atoms with Gasteiger partial charge in [-0.25, -0.2) is 14.4 Å². The van der Waals surface area contributed by atoms with Gasteiger partial charge in [0.1, 0.15) is 17.7 Å². The maximum atomic E-state index is 16.4. The van der Waals surface area contributed by atoms with E-state index in [1.165, 1.54) is 6.33 Å². The number of nitrogens with two attached hydrogens (primary N) is 1. The quantitative estimate of drug-likeness (QED) is 0.303. The van der Waals surface area contributed by atoms with Crippen LogP contribution < -0.4 is 21.3 Å². The van der Waals surface area contributed by atoms with Crippen LogP contribution in [-0.2, 0) is 0 Å². The normalized spacial score (nSPS) is 18.5. The van der Waals surface area contributed by atoms with Crippen molar-refractivity contribution in [2.75, 3.05) is 81.9 Å². The average Bonchev–Trinajstić information content (AvgIpc) is 3.02. The molecular formula is C32H43ClFN9O. The van der Waals surface area contributed by atoms with Crippen LogP contribution >= 0.6 is 11.6 Å². The highest BCUT2D eigenvalue weighted by Crippen LogP contribution is 2.39. The van der Waals surface area contributed by atoms with E-state index in [1.54, 1.807) is 30.3 Å². The SMILES string of the molecule is CC(C)N1CCN(CCNC(=O)c2ccc(-c3ccc(N4CCN(C)[C@@H](C)C4)c(Nc4ncnc(Cl)c4N)c3F)cc2)CC1. The zero-order valence-corrected chi connectivity index (χ0v) is 26.7. The summed E-state index contributed by atoms with van der Waals surface area (Å²) in [4.78, 5) is 30.3. The maximum Gasteiger partial charge on any atom is 0.251 e. The number of nitrogen functional groups attached to an aromatic ring is 1. The Morgan fingerprint density at radius 1 is 1.07 bits per heavy atom. The van der Waals surface area contributed by atoms with Crippen molar-refractivity contribution in [3.63, 3.8) is 0 Å². The predicted molar refractivity (Wildman–Crippen MR) is 176 cm³/mol. The van der Waals surface area contributed by atoms with E-state index >= 15 is 4.39 Å². The molecule has 12 heteroatoms. The van der Waals surface area contributed by atoms with Crippen LogP contribution in [0.3, 0.4) is 0 Å². The highest BCUT2D eigenvalue weighted by Gasteiger charge is 2.26. The molecular weight excluding hydrogens is 581 g/mol. The maximum absolute atomic E-state index is 16.4. The lowest BCUT2D eigenvalue weighted by Gasteiger charge is -2.39. The van der Waals surface area contributed by atoms with Gasteiger partial charge in [0, 0.05) is 82.1 Å². The third-order valence-corrected chi connectivity index (χ3v) is 9.11. The summed E-state index contributed by atoms with van der Waals surface area (Å²) in [7, 11) is 2.09. The number of carbonyl (C=O) groups excluding carboxylic acids is 1. The summed E-state index contributed by atoms with van der Waals surface area (Å²) in [5.74, 6) is -0.355. The Labute approximate surface area is 264 Å². The summed E-state index contributed by atoms with van der Waals surface area (Å²) in [5.41, 5.74) is 8.82. The standard InChI is InChI=1S/C32H43ClFN9O/c1-21(2)42-17-14-41(15-18-42)12-11-36-32(44)24-7-5-23(6-8-24)25-9-10-26(43-16-13-40(4)22(3)19-43)29(27(25)34)39-31-28(35)30(33)37-20-38-31/h5-10,20-22H,11-19,35H2,1-4H3,(H,36,44)(H,37,38,39)/t22-/m0/s1. The number of likely N-dealkylation sites (N-methyl/N-ethyl adjacent to an activating group) is 1. The first-order valence-electron chi connectivity index (χ1n) is 15.3. The highest BCUT2D eigenvalue weighted by atomic mass is 35.5. The van der Waals surface area contributed by atoms with Gasteiger partial charge < -0.3 is 26.2 Å². The van der Waals surface area contributed by atoms with E-state index in [-0.39, 0.29) is 28.3 Å². The smallest absolute Gasteiger partial charge is 0.251 e. The van der Waals surface area contributed by atoms with Crippen molar-refractivity contribution >= 4 is 40.4 Å². The van der Waals surface area contributed by atoms with Crippen LogP contribution in [0.4, 0.5) is 27.3 Å². The van der Waals surface area contributed by atoms with Gasteiger partial charge in [0.2, 0.25) is 0 Å². The molecule has 10 nitrogen and oxygen atoms in total. The van der Waals surface area contributed by atoms with Crippen LogP contribution in [0.2, 0.25) is 5.15 Å².